The molecule has 2 rings (SSSR count). The molecule has 0 radical (unpaired) electrons. The summed E-state index contributed by atoms with van der Waals surface area (Å²) in [4.78, 5) is 33.5. The second-order valence-electron chi connectivity index (χ2n) is 3.43. The summed E-state index contributed by atoms with van der Waals surface area (Å²) >= 11 is 0. The molecule has 0 amide bonds. The number of carbonyl (C=O) groups excluding carboxylic acids is 2. The van der Waals surface area contributed by atoms with E-state index in [0.29, 0.717) is 11.1 Å². The molecule has 0 saturated carbocycles. The number of aliphatic carboxylic acids is 1. The van der Waals surface area contributed by atoms with Gasteiger partial charge in [-0.2, -0.15) is 0 Å². The van der Waals surface area contributed by atoms with Crippen molar-refractivity contribution in [2.75, 3.05) is 0 Å². The normalized spacial score (nSPS) is 19.1. The minimum absolute atomic E-state index is 0.318. The summed E-state index contributed by atoms with van der Waals surface area (Å²) in [5, 5.41) is 8.64. The molecule has 0 fully saturated rings. The fraction of sp³-hybridized carbons (Fsp3) is 0.182. The third-order valence-electron chi connectivity index (χ3n) is 2.50. The van der Waals surface area contributed by atoms with Crippen LogP contribution in [-0.4, -0.2) is 22.6 Å². The van der Waals surface area contributed by atoms with E-state index in [9.17, 15) is 14.4 Å². The van der Waals surface area contributed by atoms with E-state index in [4.69, 9.17) is 5.11 Å². The Morgan fingerprint density at radius 1 is 1.27 bits per heavy atom. The number of carbonyl (C=O) groups is 3. The average molecular weight is 204 g/mol. The molecule has 1 N–H and O–H groups in total. The molecule has 76 valence electrons. The standard InChI is InChI=1S/C11H8O4/c12-9(13)5-8-6-3-1-2-4-7(6)10(14)11(8)15/h1-4,8H,5H2,(H,12,13). The molecule has 1 atom stereocenters. The van der Waals surface area contributed by atoms with Crippen LogP contribution in [0, 0.1) is 0 Å². The van der Waals surface area contributed by atoms with Crippen LogP contribution in [0.15, 0.2) is 24.3 Å². The van der Waals surface area contributed by atoms with E-state index >= 15 is 0 Å². The lowest BCUT2D eigenvalue weighted by Gasteiger charge is -2.04. The van der Waals surface area contributed by atoms with Gasteiger partial charge in [0.05, 0.1) is 12.3 Å². The largest absolute Gasteiger partial charge is 0.481 e. The molecule has 1 aromatic carbocycles. The first kappa shape index (κ1) is 9.58. The molecule has 0 bridgehead atoms. The van der Waals surface area contributed by atoms with Crippen LogP contribution < -0.4 is 0 Å². The van der Waals surface area contributed by atoms with Crippen LogP contribution in [-0.2, 0) is 9.59 Å². The van der Waals surface area contributed by atoms with Crippen LogP contribution in [0.5, 0.6) is 0 Å². The molecule has 0 spiro atoms. The number of hydrogen-bond donors (Lipinski definition) is 1. The molecule has 4 nitrogen and oxygen atoms in total. The zero-order chi connectivity index (χ0) is 11.0. The van der Waals surface area contributed by atoms with Gasteiger partial charge in [-0.15, -0.1) is 0 Å². The Hall–Kier alpha value is -1.97. The number of fused-ring (bicyclic) bond motifs is 1. The van der Waals surface area contributed by atoms with Gasteiger partial charge < -0.3 is 5.11 Å². The Morgan fingerprint density at radius 2 is 1.93 bits per heavy atom. The number of benzene rings is 1. The summed E-state index contributed by atoms with van der Waals surface area (Å²) in [6.07, 6.45) is -0.318. The van der Waals surface area contributed by atoms with Crippen LogP contribution in [0.3, 0.4) is 0 Å². The SMILES string of the molecule is O=C(O)CC1C(=O)C(=O)c2ccccc21. The van der Waals surface area contributed by atoms with Crippen LogP contribution in [0.2, 0.25) is 0 Å². The highest BCUT2D eigenvalue weighted by Crippen LogP contribution is 2.32. The van der Waals surface area contributed by atoms with E-state index in [1.54, 1.807) is 24.3 Å². The van der Waals surface area contributed by atoms with Gasteiger partial charge in [0.15, 0.2) is 0 Å². The minimum Gasteiger partial charge on any atom is -0.481 e. The Bertz CT molecular complexity index is 461. The van der Waals surface area contributed by atoms with E-state index in [2.05, 4.69) is 0 Å². The molecule has 15 heavy (non-hydrogen) atoms. The van der Waals surface area contributed by atoms with Crippen molar-refractivity contribution in [1.82, 2.24) is 0 Å². The molecule has 0 aromatic heterocycles. The summed E-state index contributed by atoms with van der Waals surface area (Å²) < 4.78 is 0. The fourth-order valence-corrected chi connectivity index (χ4v) is 1.82. The van der Waals surface area contributed by atoms with Crippen LogP contribution in [0.1, 0.15) is 28.3 Å². The topological polar surface area (TPSA) is 71.4 Å². The summed E-state index contributed by atoms with van der Waals surface area (Å²) in [6, 6.07) is 6.54. The first-order chi connectivity index (χ1) is 7.11. The van der Waals surface area contributed by atoms with Crippen molar-refractivity contribution < 1.29 is 19.5 Å². The smallest absolute Gasteiger partial charge is 0.304 e. The molecule has 1 unspecified atom stereocenters. The van der Waals surface area contributed by atoms with Crippen molar-refractivity contribution in [1.29, 1.82) is 0 Å². The summed E-state index contributed by atoms with van der Waals surface area (Å²) in [6.45, 7) is 0. The van der Waals surface area contributed by atoms with Gasteiger partial charge in [0.25, 0.3) is 0 Å². The lowest BCUT2D eigenvalue weighted by atomic mass is 9.97. The van der Waals surface area contributed by atoms with Gasteiger partial charge in [-0.3, -0.25) is 14.4 Å². The molecular weight excluding hydrogens is 196 g/mol. The van der Waals surface area contributed by atoms with Gasteiger partial charge >= 0.3 is 5.97 Å². The van der Waals surface area contributed by atoms with Crippen molar-refractivity contribution >= 4 is 17.5 Å². The number of Topliss-reactive ketones (excluding diaryl/α,β-unsaturated/α-hetero) is 2. The zero-order valence-electron chi connectivity index (χ0n) is 7.77. The Labute approximate surface area is 85.5 Å². The highest BCUT2D eigenvalue weighted by molar-refractivity contribution is 6.49. The highest BCUT2D eigenvalue weighted by Gasteiger charge is 2.38. The van der Waals surface area contributed by atoms with E-state index in [-0.39, 0.29) is 6.42 Å². The van der Waals surface area contributed by atoms with Gasteiger partial charge in [-0.25, -0.2) is 0 Å². The van der Waals surface area contributed by atoms with Crippen LogP contribution in [0.25, 0.3) is 0 Å². The lowest BCUT2D eigenvalue weighted by molar-refractivity contribution is -0.138. The quantitative estimate of drug-likeness (QED) is 0.730. The van der Waals surface area contributed by atoms with Crippen molar-refractivity contribution in [2.24, 2.45) is 0 Å². The number of rotatable bonds is 2. The third kappa shape index (κ3) is 1.44. The maximum absolute atomic E-state index is 11.5. The summed E-state index contributed by atoms with van der Waals surface area (Å²) in [7, 11) is 0. The fourth-order valence-electron chi connectivity index (χ4n) is 1.82. The van der Waals surface area contributed by atoms with E-state index < -0.39 is 23.5 Å². The Balaban J connectivity index is 2.47. The van der Waals surface area contributed by atoms with E-state index in [1.165, 1.54) is 0 Å². The van der Waals surface area contributed by atoms with E-state index in [0.717, 1.165) is 0 Å². The van der Waals surface area contributed by atoms with Crippen molar-refractivity contribution in [3.05, 3.63) is 35.4 Å². The molecule has 1 aliphatic carbocycles. The van der Waals surface area contributed by atoms with Crippen molar-refractivity contribution in [3.63, 3.8) is 0 Å². The molecule has 0 heterocycles. The molecule has 4 heteroatoms. The molecular formula is C11H8O4. The minimum atomic E-state index is -1.07. The maximum atomic E-state index is 11.5. The number of carboxylic acids is 1. The molecule has 1 aliphatic rings. The molecule has 1 aromatic rings. The van der Waals surface area contributed by atoms with Gasteiger partial charge in [0.1, 0.15) is 0 Å². The van der Waals surface area contributed by atoms with Gasteiger partial charge in [-0.05, 0) is 5.56 Å². The molecule has 0 aliphatic heterocycles. The Morgan fingerprint density at radius 3 is 2.60 bits per heavy atom. The first-order valence-corrected chi connectivity index (χ1v) is 4.50. The predicted octanol–water partition coefficient (Wildman–Crippen LogP) is 1.01. The summed E-state index contributed by atoms with van der Waals surface area (Å²) in [5.74, 6) is -3.06. The van der Waals surface area contributed by atoms with Crippen LogP contribution in [0.4, 0.5) is 0 Å². The Kier molecular flexibility index (Phi) is 2.11. The number of carboxylic acid groups (broad SMARTS) is 1. The maximum Gasteiger partial charge on any atom is 0.304 e. The average Bonchev–Trinajstić information content (AvgIpc) is 2.44. The number of ketones is 2. The van der Waals surface area contributed by atoms with Crippen molar-refractivity contribution in [2.45, 2.75) is 12.3 Å². The first-order valence-electron chi connectivity index (χ1n) is 4.50. The van der Waals surface area contributed by atoms with E-state index in [1.807, 2.05) is 0 Å². The lowest BCUT2D eigenvalue weighted by Crippen LogP contribution is -2.15. The van der Waals surface area contributed by atoms with Gasteiger partial charge in [0, 0.05) is 5.56 Å². The van der Waals surface area contributed by atoms with Gasteiger partial charge in [-0.1, -0.05) is 24.3 Å². The van der Waals surface area contributed by atoms with Crippen molar-refractivity contribution in [3.8, 4) is 0 Å². The second-order valence-corrected chi connectivity index (χ2v) is 3.43. The second kappa shape index (κ2) is 3.31. The monoisotopic (exact) mass is 204 g/mol. The summed E-state index contributed by atoms with van der Waals surface area (Å²) in [5.41, 5.74) is 0.878. The predicted molar refractivity (Wildman–Crippen MR) is 50.8 cm³/mol. The highest BCUT2D eigenvalue weighted by atomic mass is 16.4. The number of hydrogen-bond acceptors (Lipinski definition) is 3. The van der Waals surface area contributed by atoms with Gasteiger partial charge in [0.2, 0.25) is 11.6 Å². The molecule has 0 saturated heterocycles. The zero-order valence-corrected chi connectivity index (χ0v) is 7.77. The third-order valence-corrected chi connectivity index (χ3v) is 2.50. The van der Waals surface area contributed by atoms with Crippen LogP contribution >= 0.6 is 0 Å².